The average Bonchev–Trinajstić information content (AvgIpc) is 1.85. The second kappa shape index (κ2) is 2.90. The third-order valence-corrected chi connectivity index (χ3v) is 1.16. The molecule has 0 amide bonds. The number of rotatable bonds is 1. The lowest BCUT2D eigenvalue weighted by Gasteiger charge is -1.99. The molecule has 0 saturated carbocycles. The number of hydrogen-bond donors (Lipinski definition) is 0. The number of halogens is 3. The SMILES string of the molecule is Cc1cc(F)cc(C(F)F)n1. The van der Waals surface area contributed by atoms with Gasteiger partial charge in [-0.25, -0.2) is 13.2 Å². The van der Waals surface area contributed by atoms with E-state index in [0.29, 0.717) is 0 Å². The van der Waals surface area contributed by atoms with Crippen molar-refractivity contribution in [1.29, 1.82) is 0 Å². The Morgan fingerprint density at radius 1 is 1.36 bits per heavy atom. The summed E-state index contributed by atoms with van der Waals surface area (Å²) in [6.45, 7) is 1.47. The van der Waals surface area contributed by atoms with Crippen molar-refractivity contribution in [2.75, 3.05) is 0 Å². The molecule has 0 fully saturated rings. The lowest BCUT2D eigenvalue weighted by atomic mass is 10.3. The first-order valence-electron chi connectivity index (χ1n) is 3.02. The molecule has 1 heterocycles. The van der Waals surface area contributed by atoms with E-state index in [1.165, 1.54) is 6.92 Å². The Kier molecular flexibility index (Phi) is 2.12. The summed E-state index contributed by atoms with van der Waals surface area (Å²) in [6.07, 6.45) is -2.70. The Balaban J connectivity index is 3.08. The molecule has 0 N–H and O–H groups in total. The highest BCUT2D eigenvalue weighted by atomic mass is 19.3. The van der Waals surface area contributed by atoms with Gasteiger partial charge in [-0.15, -0.1) is 0 Å². The van der Waals surface area contributed by atoms with Gasteiger partial charge in [-0.2, -0.15) is 0 Å². The van der Waals surface area contributed by atoms with Crippen LogP contribution in [-0.4, -0.2) is 4.98 Å². The van der Waals surface area contributed by atoms with E-state index in [2.05, 4.69) is 4.98 Å². The van der Waals surface area contributed by atoms with Crippen LogP contribution in [-0.2, 0) is 0 Å². The van der Waals surface area contributed by atoms with Gasteiger partial charge < -0.3 is 0 Å². The first kappa shape index (κ1) is 8.04. The van der Waals surface area contributed by atoms with Crippen LogP contribution in [0, 0.1) is 12.7 Å². The first-order valence-corrected chi connectivity index (χ1v) is 3.02. The molecule has 0 radical (unpaired) electrons. The van der Waals surface area contributed by atoms with Crippen LogP contribution < -0.4 is 0 Å². The molecule has 4 heteroatoms. The van der Waals surface area contributed by atoms with Crippen molar-refractivity contribution in [3.63, 3.8) is 0 Å². The maximum atomic E-state index is 12.4. The van der Waals surface area contributed by atoms with Gasteiger partial charge in [0.15, 0.2) is 0 Å². The molecule has 0 unspecified atom stereocenters. The van der Waals surface area contributed by atoms with E-state index in [4.69, 9.17) is 0 Å². The lowest BCUT2D eigenvalue weighted by molar-refractivity contribution is 0.145. The van der Waals surface area contributed by atoms with Crippen molar-refractivity contribution in [3.05, 3.63) is 29.3 Å². The van der Waals surface area contributed by atoms with Gasteiger partial charge in [-0.1, -0.05) is 0 Å². The minimum absolute atomic E-state index is 0.264. The van der Waals surface area contributed by atoms with Crippen LogP contribution in [0.1, 0.15) is 17.8 Å². The first-order chi connectivity index (χ1) is 5.09. The Bertz CT molecular complexity index is 240. The highest BCUT2D eigenvalue weighted by Gasteiger charge is 2.09. The minimum atomic E-state index is -2.70. The normalized spacial score (nSPS) is 10.6. The lowest BCUT2D eigenvalue weighted by Crippen LogP contribution is -1.93. The van der Waals surface area contributed by atoms with Gasteiger partial charge in [-0.05, 0) is 13.0 Å². The van der Waals surface area contributed by atoms with E-state index < -0.39 is 17.9 Å². The summed E-state index contributed by atoms with van der Waals surface area (Å²) >= 11 is 0. The van der Waals surface area contributed by atoms with Crippen molar-refractivity contribution in [3.8, 4) is 0 Å². The zero-order valence-electron chi connectivity index (χ0n) is 5.81. The zero-order valence-corrected chi connectivity index (χ0v) is 5.81. The maximum Gasteiger partial charge on any atom is 0.280 e. The van der Waals surface area contributed by atoms with E-state index in [9.17, 15) is 13.2 Å². The third-order valence-electron chi connectivity index (χ3n) is 1.16. The van der Waals surface area contributed by atoms with Crippen LogP contribution in [0.5, 0.6) is 0 Å². The summed E-state index contributed by atoms with van der Waals surface area (Å²) in [6, 6.07) is 1.84. The molecule has 0 aliphatic carbocycles. The van der Waals surface area contributed by atoms with Gasteiger partial charge in [0.2, 0.25) is 0 Å². The molecule has 60 valence electrons. The zero-order chi connectivity index (χ0) is 8.43. The highest BCUT2D eigenvalue weighted by molar-refractivity contribution is 5.12. The summed E-state index contributed by atoms with van der Waals surface area (Å²) < 4.78 is 36.2. The van der Waals surface area contributed by atoms with E-state index in [1.54, 1.807) is 0 Å². The predicted octanol–water partition coefficient (Wildman–Crippen LogP) is 2.47. The minimum Gasteiger partial charge on any atom is -0.252 e. The predicted molar refractivity (Wildman–Crippen MR) is 33.9 cm³/mol. The van der Waals surface area contributed by atoms with Gasteiger partial charge in [0.05, 0.1) is 0 Å². The standard InChI is InChI=1S/C7H6F3N/c1-4-2-5(8)3-6(11-4)7(9)10/h2-3,7H,1H3. The van der Waals surface area contributed by atoms with Crippen LogP contribution in [0.3, 0.4) is 0 Å². The molecule has 0 aliphatic heterocycles. The third kappa shape index (κ3) is 1.93. The summed E-state index contributed by atoms with van der Waals surface area (Å²) in [4.78, 5) is 3.44. The number of pyridine rings is 1. The molecule has 1 aromatic heterocycles. The van der Waals surface area contributed by atoms with Gasteiger partial charge in [0.25, 0.3) is 6.43 Å². The van der Waals surface area contributed by atoms with Crippen molar-refractivity contribution >= 4 is 0 Å². The van der Waals surface area contributed by atoms with E-state index in [0.717, 1.165) is 12.1 Å². The van der Waals surface area contributed by atoms with Crippen molar-refractivity contribution < 1.29 is 13.2 Å². The molecular weight excluding hydrogens is 155 g/mol. The van der Waals surface area contributed by atoms with Crippen LogP contribution in [0.4, 0.5) is 13.2 Å². The number of aryl methyl sites for hydroxylation is 1. The molecule has 0 saturated heterocycles. The number of hydrogen-bond acceptors (Lipinski definition) is 1. The average molecular weight is 161 g/mol. The topological polar surface area (TPSA) is 12.9 Å². The second-order valence-electron chi connectivity index (χ2n) is 2.15. The molecule has 0 aromatic carbocycles. The smallest absolute Gasteiger partial charge is 0.252 e. The molecule has 11 heavy (non-hydrogen) atoms. The number of nitrogens with zero attached hydrogens (tertiary/aromatic N) is 1. The molecule has 1 rings (SSSR count). The molecule has 1 nitrogen and oxygen atoms in total. The largest absolute Gasteiger partial charge is 0.280 e. The molecule has 0 atom stereocenters. The van der Waals surface area contributed by atoms with Gasteiger partial charge >= 0.3 is 0 Å². The van der Waals surface area contributed by atoms with Gasteiger partial charge in [-0.3, -0.25) is 4.98 Å². The van der Waals surface area contributed by atoms with Crippen LogP contribution in [0.2, 0.25) is 0 Å². The second-order valence-corrected chi connectivity index (χ2v) is 2.15. The highest BCUT2D eigenvalue weighted by Crippen LogP contribution is 2.17. The molecule has 0 spiro atoms. The molecule has 0 aliphatic rings. The molecule has 1 aromatic rings. The maximum absolute atomic E-state index is 12.4. The fraction of sp³-hybridized carbons (Fsp3) is 0.286. The van der Waals surface area contributed by atoms with E-state index in [1.807, 2.05) is 0 Å². The van der Waals surface area contributed by atoms with Gasteiger partial charge in [0.1, 0.15) is 11.5 Å². The van der Waals surface area contributed by atoms with Crippen molar-refractivity contribution in [2.24, 2.45) is 0 Å². The fourth-order valence-corrected chi connectivity index (χ4v) is 0.762. The van der Waals surface area contributed by atoms with Crippen molar-refractivity contribution in [1.82, 2.24) is 4.98 Å². The Morgan fingerprint density at radius 3 is 2.45 bits per heavy atom. The summed E-state index contributed by atoms with van der Waals surface area (Å²) in [5, 5.41) is 0. The molecule has 0 bridgehead atoms. The van der Waals surface area contributed by atoms with Gasteiger partial charge in [0, 0.05) is 11.8 Å². The molecular formula is C7H6F3N. The Labute approximate surface area is 61.9 Å². The van der Waals surface area contributed by atoms with E-state index >= 15 is 0 Å². The van der Waals surface area contributed by atoms with Crippen LogP contribution >= 0.6 is 0 Å². The quantitative estimate of drug-likeness (QED) is 0.616. The Morgan fingerprint density at radius 2 is 2.00 bits per heavy atom. The summed E-state index contributed by atoms with van der Waals surface area (Å²) in [7, 11) is 0. The Hall–Kier alpha value is -1.06. The summed E-state index contributed by atoms with van der Waals surface area (Å²) in [5.74, 6) is -0.673. The van der Waals surface area contributed by atoms with Crippen molar-refractivity contribution in [2.45, 2.75) is 13.3 Å². The summed E-state index contributed by atoms with van der Waals surface area (Å²) in [5.41, 5.74) is -0.247. The number of aromatic nitrogens is 1. The van der Waals surface area contributed by atoms with E-state index in [-0.39, 0.29) is 5.69 Å². The van der Waals surface area contributed by atoms with Crippen LogP contribution in [0.25, 0.3) is 0 Å². The fourth-order valence-electron chi connectivity index (χ4n) is 0.762. The number of alkyl halides is 2. The monoisotopic (exact) mass is 161 g/mol. The van der Waals surface area contributed by atoms with Crippen LogP contribution in [0.15, 0.2) is 12.1 Å².